The van der Waals surface area contributed by atoms with Gasteiger partial charge in [0.15, 0.2) is 0 Å². The molecule has 0 radical (unpaired) electrons. The number of rotatable bonds is 7. The molecule has 0 fully saturated rings. The molecule has 3 heterocycles. The van der Waals surface area contributed by atoms with Gasteiger partial charge >= 0.3 is 5.69 Å². The first-order valence-electron chi connectivity index (χ1n) is 11.0. The standard InChI is InChI=1S/C25H22F2N6O3/c1-16(25(35,13-31-15-28-14-30-31)22-8-5-19(26)10-23(22)27)33-24(34)32-12-18(9-20(32)11-29-33)17-3-6-21(36-2)7-4-17/h3-12,14-16,35H,13H2,1-2H3/t16-,25-/m1/s1. The third-order valence-electron chi connectivity index (χ3n) is 6.31. The number of nitrogens with zero attached hydrogens (tertiary/aromatic N) is 6. The number of hydrogen-bond donors (Lipinski definition) is 1. The molecule has 3 aromatic heterocycles. The van der Waals surface area contributed by atoms with Gasteiger partial charge in [0.25, 0.3) is 0 Å². The smallest absolute Gasteiger partial charge is 0.349 e. The average molecular weight is 492 g/mol. The highest BCUT2D eigenvalue weighted by Crippen LogP contribution is 2.36. The Hall–Kier alpha value is -4.38. The molecule has 36 heavy (non-hydrogen) atoms. The van der Waals surface area contributed by atoms with Crippen LogP contribution in [-0.2, 0) is 12.1 Å². The molecule has 2 aromatic carbocycles. The lowest BCUT2D eigenvalue weighted by Crippen LogP contribution is -2.45. The first kappa shape index (κ1) is 23.4. The Labute approximate surface area is 203 Å². The minimum Gasteiger partial charge on any atom is -0.497 e. The van der Waals surface area contributed by atoms with Crippen LogP contribution in [0.4, 0.5) is 8.78 Å². The van der Waals surface area contributed by atoms with E-state index in [1.54, 1.807) is 13.3 Å². The van der Waals surface area contributed by atoms with Crippen LogP contribution in [0, 0.1) is 11.6 Å². The molecule has 184 valence electrons. The predicted octanol–water partition coefficient (Wildman–Crippen LogP) is 3.19. The van der Waals surface area contributed by atoms with Gasteiger partial charge in [-0.1, -0.05) is 18.2 Å². The quantitative estimate of drug-likeness (QED) is 0.375. The number of ether oxygens (including phenoxy) is 1. The predicted molar refractivity (Wildman–Crippen MR) is 126 cm³/mol. The second-order valence-corrected chi connectivity index (χ2v) is 8.44. The average Bonchev–Trinajstić information content (AvgIpc) is 3.54. The molecule has 0 saturated carbocycles. The molecule has 0 aliphatic rings. The van der Waals surface area contributed by atoms with Crippen LogP contribution in [0.5, 0.6) is 5.75 Å². The number of aromatic nitrogens is 6. The Kier molecular flexibility index (Phi) is 5.84. The zero-order valence-electron chi connectivity index (χ0n) is 19.4. The van der Waals surface area contributed by atoms with Gasteiger partial charge in [-0.15, -0.1) is 0 Å². The van der Waals surface area contributed by atoms with Gasteiger partial charge in [-0.25, -0.2) is 27.9 Å². The highest BCUT2D eigenvalue weighted by molar-refractivity contribution is 5.70. The Balaban J connectivity index is 1.60. The van der Waals surface area contributed by atoms with E-state index in [9.17, 15) is 18.7 Å². The summed E-state index contributed by atoms with van der Waals surface area (Å²) in [7, 11) is 1.58. The summed E-state index contributed by atoms with van der Waals surface area (Å²) in [5.74, 6) is -1.04. The lowest BCUT2D eigenvalue weighted by atomic mass is 9.86. The molecule has 5 aromatic rings. The van der Waals surface area contributed by atoms with Crippen LogP contribution in [0.15, 0.2) is 78.4 Å². The van der Waals surface area contributed by atoms with Gasteiger partial charge in [-0.2, -0.15) is 10.2 Å². The summed E-state index contributed by atoms with van der Waals surface area (Å²) in [5.41, 5.74) is -0.574. The van der Waals surface area contributed by atoms with Crippen molar-refractivity contribution in [1.82, 2.24) is 28.9 Å². The van der Waals surface area contributed by atoms with Crippen LogP contribution in [0.2, 0.25) is 0 Å². The fourth-order valence-corrected chi connectivity index (χ4v) is 4.28. The van der Waals surface area contributed by atoms with E-state index in [2.05, 4.69) is 15.2 Å². The van der Waals surface area contributed by atoms with E-state index in [0.717, 1.165) is 27.9 Å². The number of fused-ring (bicyclic) bond motifs is 1. The number of hydrogen-bond acceptors (Lipinski definition) is 6. The molecule has 5 rings (SSSR count). The monoisotopic (exact) mass is 492 g/mol. The maximum Gasteiger partial charge on any atom is 0.349 e. The van der Waals surface area contributed by atoms with Crippen LogP contribution in [0.25, 0.3) is 16.6 Å². The van der Waals surface area contributed by atoms with Crippen molar-refractivity contribution in [3.8, 4) is 16.9 Å². The van der Waals surface area contributed by atoms with Crippen LogP contribution < -0.4 is 10.4 Å². The van der Waals surface area contributed by atoms with Crippen molar-refractivity contribution in [3.05, 3.63) is 101 Å². The molecule has 11 heteroatoms. The van der Waals surface area contributed by atoms with Crippen LogP contribution >= 0.6 is 0 Å². The normalized spacial score (nSPS) is 14.0. The number of halogens is 2. The van der Waals surface area contributed by atoms with Gasteiger partial charge in [0.2, 0.25) is 0 Å². The molecule has 1 N–H and O–H groups in total. The van der Waals surface area contributed by atoms with Crippen LogP contribution in [-0.4, -0.2) is 41.2 Å². The topological polar surface area (TPSA) is 99.5 Å². The molecule has 0 aliphatic heterocycles. The van der Waals surface area contributed by atoms with E-state index in [1.807, 2.05) is 30.3 Å². The molecule has 0 spiro atoms. The van der Waals surface area contributed by atoms with Crippen molar-refractivity contribution >= 4 is 5.52 Å². The SMILES string of the molecule is COc1ccc(-c2cc3cnn([C@H](C)[C@](O)(Cn4cncn4)c4ccc(F)cc4F)c(=O)n3c2)cc1. The van der Waals surface area contributed by atoms with Crippen LogP contribution in [0.1, 0.15) is 18.5 Å². The van der Waals surface area contributed by atoms with Crippen molar-refractivity contribution in [2.45, 2.75) is 25.1 Å². The summed E-state index contributed by atoms with van der Waals surface area (Å²) in [6, 6.07) is 11.0. The zero-order chi connectivity index (χ0) is 25.4. The summed E-state index contributed by atoms with van der Waals surface area (Å²) in [6.45, 7) is 1.28. The highest BCUT2D eigenvalue weighted by Gasteiger charge is 2.41. The molecule has 0 saturated heterocycles. The van der Waals surface area contributed by atoms with Crippen molar-refractivity contribution in [2.24, 2.45) is 0 Å². The summed E-state index contributed by atoms with van der Waals surface area (Å²) in [5, 5.41) is 20.1. The first-order valence-corrected chi connectivity index (χ1v) is 11.0. The largest absolute Gasteiger partial charge is 0.497 e. The minimum absolute atomic E-state index is 0.202. The van der Waals surface area contributed by atoms with E-state index in [1.165, 1.54) is 34.9 Å². The lowest BCUT2D eigenvalue weighted by molar-refractivity contribution is -0.0390. The fraction of sp³-hybridized carbons (Fsp3) is 0.200. The number of aliphatic hydroxyl groups is 1. The maximum absolute atomic E-state index is 14.9. The molecule has 9 nitrogen and oxygen atoms in total. The van der Waals surface area contributed by atoms with E-state index in [4.69, 9.17) is 4.74 Å². The van der Waals surface area contributed by atoms with Gasteiger partial charge in [-0.3, -0.25) is 4.40 Å². The molecule has 2 atom stereocenters. The van der Waals surface area contributed by atoms with Gasteiger partial charge in [0, 0.05) is 23.4 Å². The van der Waals surface area contributed by atoms with Gasteiger partial charge in [0.1, 0.15) is 35.6 Å². The zero-order valence-corrected chi connectivity index (χ0v) is 19.4. The van der Waals surface area contributed by atoms with E-state index >= 15 is 0 Å². The molecule has 0 unspecified atom stereocenters. The molecular formula is C25H22F2N6O3. The maximum atomic E-state index is 14.9. The lowest BCUT2D eigenvalue weighted by Gasteiger charge is -2.34. The van der Waals surface area contributed by atoms with Gasteiger partial charge in [-0.05, 0) is 36.8 Å². The summed E-state index contributed by atoms with van der Waals surface area (Å²) in [4.78, 5) is 17.3. The Morgan fingerprint density at radius 2 is 1.86 bits per heavy atom. The number of benzene rings is 2. The molecule has 0 bridgehead atoms. The molecule has 0 amide bonds. The highest BCUT2D eigenvalue weighted by atomic mass is 19.1. The Morgan fingerprint density at radius 1 is 1.08 bits per heavy atom. The third-order valence-corrected chi connectivity index (χ3v) is 6.31. The van der Waals surface area contributed by atoms with Crippen molar-refractivity contribution in [2.75, 3.05) is 7.11 Å². The third kappa shape index (κ3) is 4.03. The summed E-state index contributed by atoms with van der Waals surface area (Å²) in [6.07, 6.45) is 5.77. The van der Waals surface area contributed by atoms with Crippen molar-refractivity contribution in [3.63, 3.8) is 0 Å². The van der Waals surface area contributed by atoms with Crippen molar-refractivity contribution in [1.29, 1.82) is 0 Å². The summed E-state index contributed by atoms with van der Waals surface area (Å²) >= 11 is 0. The second-order valence-electron chi connectivity index (χ2n) is 8.44. The van der Waals surface area contributed by atoms with E-state index < -0.39 is 29.0 Å². The van der Waals surface area contributed by atoms with E-state index in [-0.39, 0.29) is 12.1 Å². The van der Waals surface area contributed by atoms with Crippen molar-refractivity contribution < 1.29 is 18.6 Å². The Bertz CT molecular complexity index is 1580. The number of methoxy groups -OCH3 is 1. The van der Waals surface area contributed by atoms with Gasteiger partial charge < -0.3 is 9.84 Å². The fourth-order valence-electron chi connectivity index (χ4n) is 4.28. The molecule has 0 aliphatic carbocycles. The van der Waals surface area contributed by atoms with Gasteiger partial charge in [0.05, 0.1) is 31.4 Å². The molecular weight excluding hydrogens is 470 g/mol. The minimum atomic E-state index is -2.03. The first-order chi connectivity index (χ1) is 17.3. The Morgan fingerprint density at radius 3 is 2.53 bits per heavy atom. The second kappa shape index (κ2) is 9.00. The van der Waals surface area contributed by atoms with Crippen LogP contribution in [0.3, 0.4) is 0 Å². The summed E-state index contributed by atoms with van der Waals surface area (Å²) < 4.78 is 37.5. The van der Waals surface area contributed by atoms with E-state index in [0.29, 0.717) is 17.3 Å².